The van der Waals surface area contributed by atoms with Crippen molar-refractivity contribution in [1.82, 2.24) is 24.4 Å². The Balaban J connectivity index is 1.41. The fourth-order valence-electron chi connectivity index (χ4n) is 5.06. The molecule has 4 rings (SSSR count). The Morgan fingerprint density at radius 3 is 2.75 bits per heavy atom. The lowest BCUT2D eigenvalue weighted by Crippen LogP contribution is -2.59. The van der Waals surface area contributed by atoms with Gasteiger partial charge in [-0.15, -0.1) is 0 Å². The zero-order chi connectivity index (χ0) is 22.9. The molecule has 11 nitrogen and oxygen atoms in total. The van der Waals surface area contributed by atoms with Crippen LogP contribution in [0.15, 0.2) is 12.7 Å². The first-order valence-corrected chi connectivity index (χ1v) is 11.3. The van der Waals surface area contributed by atoms with Gasteiger partial charge in [-0.25, -0.2) is 15.0 Å². The number of anilines is 1. The molecule has 176 valence electrons. The molecule has 0 saturated carbocycles. The Morgan fingerprint density at radius 1 is 1.31 bits per heavy atom. The average Bonchev–Trinajstić information content (AvgIpc) is 3.18. The van der Waals surface area contributed by atoms with Gasteiger partial charge in [0.2, 0.25) is 5.91 Å². The highest BCUT2D eigenvalue weighted by molar-refractivity contribution is 5.82. The first kappa shape index (κ1) is 22.8. The fraction of sp³-hybridized carbons (Fsp3) is 0.714. The number of nitrogen functional groups attached to an aromatic ring is 1. The van der Waals surface area contributed by atoms with Crippen molar-refractivity contribution in [3.05, 3.63) is 12.7 Å². The highest BCUT2D eigenvalue weighted by Crippen LogP contribution is 2.44. The van der Waals surface area contributed by atoms with Crippen molar-refractivity contribution >= 4 is 22.9 Å². The summed E-state index contributed by atoms with van der Waals surface area (Å²) in [7, 11) is 0. The van der Waals surface area contributed by atoms with Crippen LogP contribution in [0.4, 0.5) is 5.82 Å². The number of unbranched alkanes of at least 4 members (excludes halogenated alkanes) is 1. The number of carbonyl (C=O) groups excluding carboxylic acids is 1. The molecule has 2 aromatic heterocycles. The maximum absolute atomic E-state index is 12.7. The van der Waals surface area contributed by atoms with E-state index in [9.17, 15) is 9.90 Å². The predicted molar refractivity (Wildman–Crippen MR) is 119 cm³/mol. The number of nitrogens with zero attached hydrogens (tertiary/aromatic N) is 5. The van der Waals surface area contributed by atoms with Gasteiger partial charge < -0.3 is 36.5 Å². The number of amides is 1. The third-order valence-corrected chi connectivity index (χ3v) is 6.94. The summed E-state index contributed by atoms with van der Waals surface area (Å²) in [6, 6.07) is -0.845. The molecule has 0 aromatic carbocycles. The highest BCUT2D eigenvalue weighted by atomic mass is 16.5. The molecule has 3 atom stereocenters. The van der Waals surface area contributed by atoms with E-state index < -0.39 is 17.2 Å². The van der Waals surface area contributed by atoms with E-state index in [1.165, 1.54) is 6.33 Å². The number of likely N-dealkylation sites (tertiary alicyclic amines) is 1. The van der Waals surface area contributed by atoms with Gasteiger partial charge in [-0.2, -0.15) is 0 Å². The van der Waals surface area contributed by atoms with Crippen LogP contribution in [0.1, 0.15) is 51.5 Å². The molecule has 1 amide bonds. The lowest BCUT2D eigenvalue weighted by Gasteiger charge is -2.51. The van der Waals surface area contributed by atoms with Gasteiger partial charge in [-0.05, 0) is 39.2 Å². The minimum atomic E-state index is -1.05. The van der Waals surface area contributed by atoms with Crippen LogP contribution in [0.25, 0.3) is 11.2 Å². The van der Waals surface area contributed by atoms with Gasteiger partial charge in [0.1, 0.15) is 11.8 Å². The van der Waals surface area contributed by atoms with Crippen molar-refractivity contribution in [3.63, 3.8) is 0 Å². The van der Waals surface area contributed by atoms with Crippen LogP contribution in [-0.4, -0.2) is 78.9 Å². The molecule has 0 radical (unpaired) electrons. The van der Waals surface area contributed by atoms with Gasteiger partial charge in [-0.1, -0.05) is 6.42 Å². The van der Waals surface area contributed by atoms with E-state index >= 15 is 0 Å². The summed E-state index contributed by atoms with van der Waals surface area (Å²) >= 11 is 0. The molecule has 0 bridgehead atoms. The van der Waals surface area contributed by atoms with Crippen molar-refractivity contribution in [1.29, 1.82) is 0 Å². The Kier molecular flexibility index (Phi) is 6.35. The standard InChI is InChI=1S/C21H34N8O3/c1-20(31)11-21(5-8-28(9-6-21)19(30)14(23)4-2-3-7-22)32-10-15(20)29-13-27-16-17(24)25-12-26-18(16)29/h12-15,31H,2-11,22-23H2,1H3,(H2,24,25,26)/t14-,15-,20-/m1/s1. The molecule has 2 aliphatic heterocycles. The van der Waals surface area contributed by atoms with Crippen molar-refractivity contribution in [2.24, 2.45) is 11.5 Å². The molecule has 1 spiro atoms. The van der Waals surface area contributed by atoms with Crippen LogP contribution in [0.5, 0.6) is 0 Å². The quantitative estimate of drug-likeness (QED) is 0.443. The fourth-order valence-corrected chi connectivity index (χ4v) is 5.06. The largest absolute Gasteiger partial charge is 0.388 e. The molecule has 2 aliphatic rings. The lowest BCUT2D eigenvalue weighted by molar-refractivity contribution is -0.197. The number of piperidine rings is 1. The second-order valence-electron chi connectivity index (χ2n) is 9.34. The van der Waals surface area contributed by atoms with E-state index in [1.54, 1.807) is 6.33 Å². The average molecular weight is 447 g/mol. The highest BCUT2D eigenvalue weighted by Gasteiger charge is 2.50. The number of ether oxygens (including phenoxy) is 1. The molecule has 2 aromatic rings. The van der Waals surface area contributed by atoms with E-state index in [0.29, 0.717) is 68.9 Å². The lowest BCUT2D eigenvalue weighted by atomic mass is 9.75. The monoisotopic (exact) mass is 446 g/mol. The predicted octanol–water partition coefficient (Wildman–Crippen LogP) is -0.0616. The topological polar surface area (TPSA) is 171 Å². The van der Waals surface area contributed by atoms with E-state index in [0.717, 1.165) is 12.8 Å². The first-order valence-electron chi connectivity index (χ1n) is 11.3. The Bertz CT molecular complexity index is 954. The molecule has 0 aliphatic carbocycles. The maximum atomic E-state index is 12.7. The molecule has 32 heavy (non-hydrogen) atoms. The summed E-state index contributed by atoms with van der Waals surface area (Å²) in [6.45, 7) is 3.89. The van der Waals surface area contributed by atoms with Crippen LogP contribution < -0.4 is 17.2 Å². The SMILES string of the molecule is C[C@@]1(O)CC2(CCN(C(=O)[C@H](N)CCCCN)CC2)OC[C@H]1n1cnc2c(N)ncnc21. The third kappa shape index (κ3) is 4.29. The molecule has 2 saturated heterocycles. The minimum absolute atomic E-state index is 0.0144. The Labute approximate surface area is 187 Å². The zero-order valence-electron chi connectivity index (χ0n) is 18.6. The number of fused-ring (bicyclic) bond motifs is 1. The smallest absolute Gasteiger partial charge is 0.239 e. The maximum Gasteiger partial charge on any atom is 0.239 e. The molecular formula is C21H34N8O3. The number of aromatic nitrogens is 4. The van der Waals surface area contributed by atoms with Gasteiger partial charge in [0, 0.05) is 19.5 Å². The van der Waals surface area contributed by atoms with Crippen LogP contribution >= 0.6 is 0 Å². The van der Waals surface area contributed by atoms with Crippen molar-refractivity contribution < 1.29 is 14.6 Å². The summed E-state index contributed by atoms with van der Waals surface area (Å²) in [5, 5.41) is 11.4. The van der Waals surface area contributed by atoms with Crippen molar-refractivity contribution in [2.45, 2.75) is 68.7 Å². The molecule has 7 N–H and O–H groups in total. The number of aliphatic hydroxyl groups is 1. The summed E-state index contributed by atoms with van der Waals surface area (Å²) in [4.78, 5) is 27.1. The molecule has 2 fully saturated rings. The third-order valence-electron chi connectivity index (χ3n) is 6.94. The van der Waals surface area contributed by atoms with Gasteiger partial charge >= 0.3 is 0 Å². The number of hydrogen-bond acceptors (Lipinski definition) is 9. The van der Waals surface area contributed by atoms with Gasteiger partial charge in [0.15, 0.2) is 11.5 Å². The number of rotatable bonds is 6. The van der Waals surface area contributed by atoms with Gasteiger partial charge in [0.05, 0.1) is 36.2 Å². The van der Waals surface area contributed by atoms with Gasteiger partial charge in [-0.3, -0.25) is 4.79 Å². The van der Waals surface area contributed by atoms with Gasteiger partial charge in [0.25, 0.3) is 0 Å². The van der Waals surface area contributed by atoms with E-state index in [4.69, 9.17) is 21.9 Å². The molecule has 4 heterocycles. The number of carbonyl (C=O) groups is 1. The number of nitrogens with two attached hydrogens (primary N) is 3. The van der Waals surface area contributed by atoms with Crippen LogP contribution in [0, 0.1) is 0 Å². The summed E-state index contributed by atoms with van der Waals surface area (Å²) in [5.41, 5.74) is 17.1. The van der Waals surface area contributed by atoms with Crippen molar-refractivity contribution in [3.8, 4) is 0 Å². The summed E-state index contributed by atoms with van der Waals surface area (Å²) in [5.74, 6) is 0.291. The Morgan fingerprint density at radius 2 is 2.06 bits per heavy atom. The molecule has 0 unspecified atom stereocenters. The van der Waals surface area contributed by atoms with E-state index in [2.05, 4.69) is 15.0 Å². The van der Waals surface area contributed by atoms with E-state index in [1.807, 2.05) is 16.4 Å². The molecule has 11 heteroatoms. The molecular weight excluding hydrogens is 412 g/mol. The second kappa shape index (κ2) is 8.89. The van der Waals surface area contributed by atoms with E-state index in [-0.39, 0.29) is 11.9 Å². The summed E-state index contributed by atoms with van der Waals surface area (Å²) in [6.07, 6.45) is 7.18. The summed E-state index contributed by atoms with van der Waals surface area (Å²) < 4.78 is 8.18. The van der Waals surface area contributed by atoms with Crippen LogP contribution in [0.2, 0.25) is 0 Å². The minimum Gasteiger partial charge on any atom is -0.388 e. The Hall–Kier alpha value is -2.34. The van der Waals surface area contributed by atoms with Crippen LogP contribution in [-0.2, 0) is 9.53 Å². The van der Waals surface area contributed by atoms with Crippen LogP contribution in [0.3, 0.4) is 0 Å². The van der Waals surface area contributed by atoms with Crippen molar-refractivity contribution in [2.75, 3.05) is 32.0 Å². The zero-order valence-corrected chi connectivity index (χ0v) is 18.6. The number of hydrogen-bond donors (Lipinski definition) is 4. The first-order chi connectivity index (χ1) is 15.3. The second-order valence-corrected chi connectivity index (χ2v) is 9.34. The number of imidazole rings is 1. The normalized spacial score (nSPS) is 26.5.